The SMILES string of the molecule is CNc1nc(-c2nc3cc(Cc4noc(C)c4-c4cc(C(O)(c5ccccn5)c5ccccn5)c5nc(C6CC6)[nH]c5c4)c(N4CCN(C)CC4)cc3n2Cc2ccccc2)cn2c(C)nnc12. The second kappa shape index (κ2) is 16.5. The quantitative estimate of drug-likeness (QED) is 0.109. The molecule has 16 nitrogen and oxygen atoms in total. The molecular formula is C52H50N14O2. The van der Waals surface area contributed by atoms with Crippen molar-refractivity contribution >= 4 is 39.2 Å². The van der Waals surface area contributed by atoms with Gasteiger partial charge in [-0.05, 0) is 99.0 Å². The van der Waals surface area contributed by atoms with Gasteiger partial charge in [-0.25, -0.2) is 15.0 Å². The van der Waals surface area contributed by atoms with Crippen LogP contribution in [0.2, 0.25) is 0 Å². The molecule has 0 spiro atoms. The molecule has 1 saturated carbocycles. The molecule has 340 valence electrons. The van der Waals surface area contributed by atoms with E-state index >= 15 is 0 Å². The summed E-state index contributed by atoms with van der Waals surface area (Å²) in [5.74, 6) is 4.02. The molecule has 16 heteroatoms. The molecule has 0 unspecified atom stereocenters. The number of hydrogen-bond donors (Lipinski definition) is 3. The molecule has 68 heavy (non-hydrogen) atoms. The maximum atomic E-state index is 13.2. The molecular weight excluding hydrogens is 853 g/mol. The van der Waals surface area contributed by atoms with E-state index in [1.54, 1.807) is 12.4 Å². The third kappa shape index (κ3) is 7.14. The third-order valence-corrected chi connectivity index (χ3v) is 13.6. The Morgan fingerprint density at radius 2 is 1.60 bits per heavy atom. The molecule has 12 rings (SSSR count). The maximum Gasteiger partial charge on any atom is 0.203 e. The van der Waals surface area contributed by atoms with E-state index in [4.69, 9.17) is 34.6 Å². The summed E-state index contributed by atoms with van der Waals surface area (Å²) in [6, 6.07) is 30.3. The van der Waals surface area contributed by atoms with Gasteiger partial charge in [0.1, 0.15) is 23.1 Å². The molecule has 10 aromatic rings. The van der Waals surface area contributed by atoms with Crippen LogP contribution < -0.4 is 10.2 Å². The van der Waals surface area contributed by atoms with Crippen LogP contribution >= 0.6 is 0 Å². The van der Waals surface area contributed by atoms with Gasteiger partial charge in [0.15, 0.2) is 17.2 Å². The number of H-pyrrole nitrogens is 1. The van der Waals surface area contributed by atoms with Crippen LogP contribution in [-0.4, -0.2) is 105 Å². The Kier molecular flexibility index (Phi) is 10.1. The number of nitrogens with one attached hydrogen (secondary N) is 2. The zero-order valence-corrected chi connectivity index (χ0v) is 38.3. The van der Waals surface area contributed by atoms with Crippen molar-refractivity contribution < 1.29 is 9.63 Å². The van der Waals surface area contributed by atoms with Crippen molar-refractivity contribution in [1.29, 1.82) is 0 Å². The topological polar surface area (TPSA) is 180 Å². The van der Waals surface area contributed by atoms with Crippen molar-refractivity contribution in [1.82, 2.24) is 59.1 Å². The Labute approximate surface area is 391 Å². The van der Waals surface area contributed by atoms with Crippen LogP contribution in [0.3, 0.4) is 0 Å². The van der Waals surface area contributed by atoms with Gasteiger partial charge in [0.25, 0.3) is 0 Å². The summed E-state index contributed by atoms with van der Waals surface area (Å²) in [7, 11) is 4.02. The van der Waals surface area contributed by atoms with Gasteiger partial charge in [0.2, 0.25) is 5.65 Å². The fourth-order valence-corrected chi connectivity index (χ4v) is 9.85. The van der Waals surface area contributed by atoms with Crippen LogP contribution in [-0.2, 0) is 18.6 Å². The molecule has 1 aliphatic heterocycles. The highest BCUT2D eigenvalue weighted by atomic mass is 16.5. The fourth-order valence-electron chi connectivity index (χ4n) is 9.85. The predicted octanol–water partition coefficient (Wildman–Crippen LogP) is 7.67. The van der Waals surface area contributed by atoms with Gasteiger partial charge >= 0.3 is 0 Å². The monoisotopic (exact) mass is 902 g/mol. The number of nitrogens with zero attached hydrogens (tertiary/aromatic N) is 12. The average Bonchev–Trinajstić information content (AvgIpc) is 3.67. The van der Waals surface area contributed by atoms with Crippen molar-refractivity contribution in [2.45, 2.75) is 51.2 Å². The summed E-state index contributed by atoms with van der Waals surface area (Å²) in [5, 5.41) is 30.0. The molecule has 3 aromatic carbocycles. The summed E-state index contributed by atoms with van der Waals surface area (Å²) in [6.45, 7) is 8.05. The van der Waals surface area contributed by atoms with E-state index in [2.05, 4.69) is 84.4 Å². The first-order valence-electron chi connectivity index (χ1n) is 23.2. The van der Waals surface area contributed by atoms with E-state index in [0.717, 1.165) is 107 Å². The summed E-state index contributed by atoms with van der Waals surface area (Å²) < 4.78 is 10.4. The second-order valence-electron chi connectivity index (χ2n) is 18.1. The molecule has 2 aliphatic rings. The number of pyridine rings is 2. The molecule has 3 N–H and O–H groups in total. The van der Waals surface area contributed by atoms with Crippen LogP contribution in [0.25, 0.3) is 50.4 Å². The first-order chi connectivity index (χ1) is 33.2. The predicted molar refractivity (Wildman–Crippen MR) is 261 cm³/mol. The number of piperazine rings is 1. The molecule has 0 radical (unpaired) electrons. The minimum Gasteiger partial charge on any atom is -0.373 e. The summed E-state index contributed by atoms with van der Waals surface area (Å²) in [4.78, 5) is 33.6. The van der Waals surface area contributed by atoms with Gasteiger partial charge in [-0.15, -0.1) is 10.2 Å². The summed E-state index contributed by atoms with van der Waals surface area (Å²) in [6.07, 6.45) is 7.95. The zero-order chi connectivity index (χ0) is 46.1. The Morgan fingerprint density at radius 3 is 2.31 bits per heavy atom. The van der Waals surface area contributed by atoms with Crippen LogP contribution in [0.4, 0.5) is 11.5 Å². The van der Waals surface area contributed by atoms with E-state index in [-0.39, 0.29) is 0 Å². The van der Waals surface area contributed by atoms with Gasteiger partial charge < -0.3 is 34.3 Å². The number of anilines is 2. The highest BCUT2D eigenvalue weighted by molar-refractivity contribution is 5.89. The Morgan fingerprint density at radius 1 is 0.853 bits per heavy atom. The standard InChI is InChI=1S/C52H50N14O2/c1-31-46(36-24-37(47-40(27-36)56-48(59-47)34-16-17-34)52(67,44-14-8-10-18-54-44)45-15-9-11-19-55-45)39(62-68-31)26-35-25-38-43(28-42(35)64-22-20-63(4)21-23-64)66(29-33-12-6-5-7-13-33)50(58-38)41-30-65-32(2)60-61-51(65)49(53-3)57-41/h5-15,18-19,24-25,27-28,30,34,67H,16-17,20-23,26,29H2,1-4H3,(H,53,57)(H,56,59). The molecule has 1 saturated heterocycles. The molecule has 8 heterocycles. The van der Waals surface area contributed by atoms with Crippen LogP contribution in [0.1, 0.15) is 69.9 Å². The van der Waals surface area contributed by atoms with E-state index in [0.29, 0.717) is 64.3 Å². The van der Waals surface area contributed by atoms with E-state index < -0.39 is 5.60 Å². The van der Waals surface area contributed by atoms with Crippen molar-refractivity contribution in [2.75, 3.05) is 50.5 Å². The molecule has 2 fully saturated rings. The number of aryl methyl sites for hydroxylation is 2. The molecule has 7 aromatic heterocycles. The lowest BCUT2D eigenvalue weighted by molar-refractivity contribution is 0.117. The smallest absolute Gasteiger partial charge is 0.203 e. The van der Waals surface area contributed by atoms with Crippen molar-refractivity contribution in [3.8, 4) is 22.6 Å². The van der Waals surface area contributed by atoms with Crippen molar-refractivity contribution in [3.63, 3.8) is 0 Å². The summed E-state index contributed by atoms with van der Waals surface area (Å²) >= 11 is 0. The number of fused-ring (bicyclic) bond motifs is 3. The number of aromatic nitrogens is 11. The van der Waals surface area contributed by atoms with Gasteiger partial charge in [-0.1, -0.05) is 47.6 Å². The van der Waals surface area contributed by atoms with Crippen LogP contribution in [0.15, 0.2) is 114 Å². The number of aliphatic hydroxyl groups is 1. The maximum absolute atomic E-state index is 13.2. The lowest BCUT2D eigenvalue weighted by Crippen LogP contribution is -2.44. The van der Waals surface area contributed by atoms with E-state index in [1.807, 2.05) is 80.0 Å². The largest absolute Gasteiger partial charge is 0.373 e. The van der Waals surface area contributed by atoms with Gasteiger partial charge in [0, 0.05) is 87.5 Å². The second-order valence-corrected chi connectivity index (χ2v) is 18.1. The van der Waals surface area contributed by atoms with Crippen LogP contribution in [0.5, 0.6) is 0 Å². The molecule has 0 amide bonds. The lowest BCUT2D eigenvalue weighted by atomic mass is 9.83. The number of imidazole rings is 2. The fraction of sp³-hybridized carbons (Fsp3) is 0.269. The molecule has 0 atom stereocenters. The minimum absolute atomic E-state index is 0.347. The number of benzene rings is 3. The highest BCUT2D eigenvalue weighted by Gasteiger charge is 2.40. The van der Waals surface area contributed by atoms with Gasteiger partial charge in [0.05, 0.1) is 39.1 Å². The number of aromatic amines is 1. The Balaban J connectivity index is 1.04. The number of rotatable bonds is 12. The van der Waals surface area contributed by atoms with E-state index in [1.165, 1.54) is 0 Å². The van der Waals surface area contributed by atoms with Gasteiger partial charge in [-0.2, -0.15) is 0 Å². The average molecular weight is 903 g/mol. The lowest BCUT2D eigenvalue weighted by Gasteiger charge is -2.35. The van der Waals surface area contributed by atoms with Crippen LogP contribution in [0, 0.1) is 13.8 Å². The van der Waals surface area contributed by atoms with Crippen molar-refractivity contribution in [3.05, 3.63) is 161 Å². The minimum atomic E-state index is -1.74. The molecule has 1 aliphatic carbocycles. The van der Waals surface area contributed by atoms with Gasteiger partial charge in [-0.3, -0.25) is 14.4 Å². The number of hydrogen-bond acceptors (Lipinski definition) is 13. The zero-order valence-electron chi connectivity index (χ0n) is 38.3. The highest BCUT2D eigenvalue weighted by Crippen LogP contribution is 2.45. The van der Waals surface area contributed by atoms with E-state index in [9.17, 15) is 5.11 Å². The van der Waals surface area contributed by atoms with Crippen molar-refractivity contribution in [2.24, 2.45) is 0 Å². The Hall–Kier alpha value is -7.82. The Bertz CT molecular complexity index is 3440. The first kappa shape index (κ1) is 41.6. The third-order valence-electron chi connectivity index (χ3n) is 13.6. The molecule has 0 bridgehead atoms. The normalized spacial score (nSPS) is 14.8. The number of likely N-dealkylation sites (N-methyl/N-ethyl adjacent to an activating group) is 1. The summed E-state index contributed by atoms with van der Waals surface area (Å²) in [5.41, 5.74) is 10.2. The first-order valence-corrected chi connectivity index (χ1v) is 23.2.